The zero-order valence-corrected chi connectivity index (χ0v) is 10.6. The highest BCUT2D eigenvalue weighted by Crippen LogP contribution is 2.28. The molecule has 4 heteroatoms. The standard InChI is InChI=1S/C13H17ClO3/c1-17-9-5-4-7-11(13(15)16)10-6-2-3-8-12(10)14/h2-3,6,8,11H,4-5,7,9H2,1H3,(H,15,16). The summed E-state index contributed by atoms with van der Waals surface area (Å²) in [4.78, 5) is 11.2. The van der Waals surface area contributed by atoms with Crippen molar-refractivity contribution in [3.8, 4) is 0 Å². The van der Waals surface area contributed by atoms with Crippen molar-refractivity contribution < 1.29 is 14.6 Å². The molecule has 94 valence electrons. The topological polar surface area (TPSA) is 46.5 Å². The van der Waals surface area contributed by atoms with E-state index in [9.17, 15) is 9.90 Å². The fourth-order valence-electron chi connectivity index (χ4n) is 1.76. The van der Waals surface area contributed by atoms with Crippen LogP contribution in [-0.2, 0) is 9.53 Å². The maximum atomic E-state index is 11.2. The van der Waals surface area contributed by atoms with Gasteiger partial charge in [-0.3, -0.25) is 4.79 Å². The summed E-state index contributed by atoms with van der Waals surface area (Å²) < 4.78 is 4.94. The Balaban J connectivity index is 2.66. The molecule has 0 saturated heterocycles. The third kappa shape index (κ3) is 4.36. The van der Waals surface area contributed by atoms with Crippen molar-refractivity contribution in [1.29, 1.82) is 0 Å². The van der Waals surface area contributed by atoms with Gasteiger partial charge in [-0.25, -0.2) is 0 Å². The van der Waals surface area contributed by atoms with E-state index in [4.69, 9.17) is 16.3 Å². The molecule has 0 aromatic heterocycles. The Morgan fingerprint density at radius 2 is 2.12 bits per heavy atom. The molecule has 0 bridgehead atoms. The molecule has 0 aliphatic heterocycles. The van der Waals surface area contributed by atoms with Crippen molar-refractivity contribution in [1.82, 2.24) is 0 Å². The Bertz CT molecular complexity index is 365. The Morgan fingerprint density at radius 3 is 2.71 bits per heavy atom. The number of carboxylic acid groups (broad SMARTS) is 1. The summed E-state index contributed by atoms with van der Waals surface area (Å²) in [6.07, 6.45) is 2.27. The van der Waals surface area contributed by atoms with Crippen molar-refractivity contribution in [2.24, 2.45) is 0 Å². The molecule has 0 radical (unpaired) electrons. The van der Waals surface area contributed by atoms with Crippen LogP contribution in [0.15, 0.2) is 24.3 Å². The van der Waals surface area contributed by atoms with E-state index in [1.165, 1.54) is 0 Å². The molecule has 0 saturated carbocycles. The SMILES string of the molecule is COCCCCC(C(=O)O)c1ccccc1Cl. The Morgan fingerprint density at radius 1 is 1.41 bits per heavy atom. The second-order valence-corrected chi connectivity index (χ2v) is 4.31. The predicted molar refractivity (Wildman–Crippen MR) is 67.6 cm³/mol. The normalized spacial score (nSPS) is 12.4. The molecule has 1 rings (SSSR count). The number of halogens is 1. The summed E-state index contributed by atoms with van der Waals surface area (Å²) in [5.41, 5.74) is 0.694. The fraction of sp³-hybridized carbons (Fsp3) is 0.462. The summed E-state index contributed by atoms with van der Waals surface area (Å²) in [6.45, 7) is 0.662. The average molecular weight is 257 g/mol. The summed E-state index contributed by atoms with van der Waals surface area (Å²) in [7, 11) is 1.64. The van der Waals surface area contributed by atoms with E-state index >= 15 is 0 Å². The van der Waals surface area contributed by atoms with Gasteiger partial charge in [0.05, 0.1) is 5.92 Å². The monoisotopic (exact) mass is 256 g/mol. The first-order valence-electron chi connectivity index (χ1n) is 5.63. The Hall–Kier alpha value is -1.06. The summed E-state index contributed by atoms with van der Waals surface area (Å²) in [5.74, 6) is -1.35. The second kappa shape index (κ2) is 7.30. The Labute approximate surface area is 106 Å². The van der Waals surface area contributed by atoms with Gasteiger partial charge >= 0.3 is 5.97 Å². The van der Waals surface area contributed by atoms with Crippen molar-refractivity contribution in [2.45, 2.75) is 25.2 Å². The number of hydrogen-bond donors (Lipinski definition) is 1. The molecule has 1 aromatic rings. The molecule has 0 heterocycles. The lowest BCUT2D eigenvalue weighted by Crippen LogP contribution is -2.12. The Kier molecular flexibility index (Phi) is 6.01. The number of rotatable bonds is 7. The van der Waals surface area contributed by atoms with Gasteiger partial charge in [-0.2, -0.15) is 0 Å². The van der Waals surface area contributed by atoms with Gasteiger partial charge in [-0.1, -0.05) is 29.8 Å². The number of aliphatic carboxylic acids is 1. The van der Waals surface area contributed by atoms with Gasteiger partial charge in [0.2, 0.25) is 0 Å². The molecule has 0 fully saturated rings. The van der Waals surface area contributed by atoms with Crippen molar-refractivity contribution in [3.63, 3.8) is 0 Å². The van der Waals surface area contributed by atoms with E-state index in [2.05, 4.69) is 0 Å². The van der Waals surface area contributed by atoms with Crippen LogP contribution in [0.25, 0.3) is 0 Å². The van der Waals surface area contributed by atoms with E-state index in [1.807, 2.05) is 6.07 Å². The van der Waals surface area contributed by atoms with Crippen molar-refractivity contribution >= 4 is 17.6 Å². The minimum absolute atomic E-state index is 0.520. The van der Waals surface area contributed by atoms with Crippen LogP contribution in [0.5, 0.6) is 0 Å². The van der Waals surface area contributed by atoms with Gasteiger partial charge < -0.3 is 9.84 Å². The number of hydrogen-bond acceptors (Lipinski definition) is 2. The number of benzene rings is 1. The summed E-state index contributed by atoms with van der Waals surface area (Å²) in [5, 5.41) is 9.74. The number of methoxy groups -OCH3 is 1. The molecule has 0 spiro atoms. The number of carbonyl (C=O) groups is 1. The third-order valence-corrected chi connectivity index (χ3v) is 3.01. The maximum Gasteiger partial charge on any atom is 0.311 e. The minimum atomic E-state index is -0.824. The van der Waals surface area contributed by atoms with Gasteiger partial charge in [-0.05, 0) is 30.9 Å². The highest BCUT2D eigenvalue weighted by Gasteiger charge is 2.21. The molecule has 1 N–H and O–H groups in total. The zero-order valence-electron chi connectivity index (χ0n) is 9.86. The number of unbranched alkanes of at least 4 members (excludes halogenated alkanes) is 1. The lowest BCUT2D eigenvalue weighted by molar-refractivity contribution is -0.139. The number of ether oxygens (including phenoxy) is 1. The molecule has 1 atom stereocenters. The van der Waals surface area contributed by atoms with E-state index in [-0.39, 0.29) is 0 Å². The van der Waals surface area contributed by atoms with Crippen LogP contribution in [0.1, 0.15) is 30.7 Å². The van der Waals surface area contributed by atoms with Crippen LogP contribution in [0.2, 0.25) is 5.02 Å². The minimum Gasteiger partial charge on any atom is -0.481 e. The molecule has 17 heavy (non-hydrogen) atoms. The first-order chi connectivity index (χ1) is 8.16. The van der Waals surface area contributed by atoms with Crippen LogP contribution in [0, 0.1) is 0 Å². The maximum absolute atomic E-state index is 11.2. The molecule has 0 amide bonds. The van der Waals surface area contributed by atoms with Gasteiger partial charge in [0.1, 0.15) is 0 Å². The largest absolute Gasteiger partial charge is 0.481 e. The molecule has 1 aromatic carbocycles. The average Bonchev–Trinajstić information content (AvgIpc) is 2.30. The lowest BCUT2D eigenvalue weighted by atomic mass is 9.93. The van der Waals surface area contributed by atoms with Gasteiger partial charge in [-0.15, -0.1) is 0 Å². The molecular weight excluding hydrogens is 240 g/mol. The summed E-state index contributed by atoms with van der Waals surface area (Å²) >= 11 is 6.02. The van der Waals surface area contributed by atoms with Crippen molar-refractivity contribution in [3.05, 3.63) is 34.9 Å². The first kappa shape index (κ1) is 14.0. The molecule has 0 aliphatic carbocycles. The van der Waals surface area contributed by atoms with E-state index in [0.29, 0.717) is 23.6 Å². The number of carboxylic acids is 1. The second-order valence-electron chi connectivity index (χ2n) is 3.90. The fourth-order valence-corrected chi connectivity index (χ4v) is 2.03. The molecule has 1 unspecified atom stereocenters. The van der Waals surface area contributed by atoms with E-state index in [1.54, 1.807) is 25.3 Å². The highest BCUT2D eigenvalue weighted by atomic mass is 35.5. The van der Waals surface area contributed by atoms with Gasteiger partial charge in [0, 0.05) is 18.7 Å². The molecule has 3 nitrogen and oxygen atoms in total. The van der Waals surface area contributed by atoms with Crippen LogP contribution >= 0.6 is 11.6 Å². The van der Waals surface area contributed by atoms with Crippen LogP contribution in [0.3, 0.4) is 0 Å². The summed E-state index contributed by atoms with van der Waals surface area (Å²) in [6, 6.07) is 7.11. The molecular formula is C13H17ClO3. The van der Waals surface area contributed by atoms with E-state index in [0.717, 1.165) is 12.8 Å². The van der Waals surface area contributed by atoms with E-state index < -0.39 is 11.9 Å². The van der Waals surface area contributed by atoms with Gasteiger partial charge in [0.15, 0.2) is 0 Å². The first-order valence-corrected chi connectivity index (χ1v) is 6.00. The van der Waals surface area contributed by atoms with Crippen LogP contribution in [0.4, 0.5) is 0 Å². The quantitative estimate of drug-likeness (QED) is 0.761. The van der Waals surface area contributed by atoms with Crippen LogP contribution < -0.4 is 0 Å². The lowest BCUT2D eigenvalue weighted by Gasteiger charge is -2.13. The van der Waals surface area contributed by atoms with Gasteiger partial charge in [0.25, 0.3) is 0 Å². The molecule has 0 aliphatic rings. The smallest absolute Gasteiger partial charge is 0.311 e. The predicted octanol–water partition coefficient (Wildman–Crippen LogP) is 3.32. The highest BCUT2D eigenvalue weighted by molar-refractivity contribution is 6.31. The third-order valence-electron chi connectivity index (χ3n) is 2.67. The zero-order chi connectivity index (χ0) is 12.7. The van der Waals surface area contributed by atoms with Crippen LogP contribution in [-0.4, -0.2) is 24.8 Å². The van der Waals surface area contributed by atoms with Crippen molar-refractivity contribution in [2.75, 3.05) is 13.7 Å².